The molecule has 0 amide bonds. The maximum atomic E-state index is 11.0. The molecule has 1 aliphatic carbocycles. The number of esters is 1. The zero-order chi connectivity index (χ0) is 10.8. The predicted octanol–water partition coefficient (Wildman–Crippen LogP) is 2.93. The molecule has 0 saturated heterocycles. The minimum absolute atomic E-state index is 0.249. The number of carbonyl (C=O) groups excluding carboxylic acids is 1. The second-order valence-electron chi connectivity index (χ2n) is 3.86. The monoisotopic (exact) mass is 202 g/mol. The number of benzene rings is 1. The van der Waals surface area contributed by atoms with Crippen LogP contribution in [-0.2, 0) is 16.0 Å². The summed E-state index contributed by atoms with van der Waals surface area (Å²) >= 11 is 0. The zero-order valence-electron chi connectivity index (χ0n) is 9.04. The second-order valence-corrected chi connectivity index (χ2v) is 3.86. The van der Waals surface area contributed by atoms with Crippen molar-refractivity contribution in [1.29, 1.82) is 0 Å². The molecule has 0 aliphatic heterocycles. The third-order valence-corrected chi connectivity index (χ3v) is 2.66. The summed E-state index contributed by atoms with van der Waals surface area (Å²) in [5.74, 6) is 0.505. The van der Waals surface area contributed by atoms with Crippen molar-refractivity contribution in [2.24, 2.45) is 0 Å². The van der Waals surface area contributed by atoms with Crippen LogP contribution >= 0.6 is 0 Å². The summed E-state index contributed by atoms with van der Waals surface area (Å²) in [4.78, 5) is 11.0. The average Bonchev–Trinajstić information content (AvgIpc) is 2.22. The Morgan fingerprint density at radius 1 is 1.27 bits per heavy atom. The molecule has 2 nitrogen and oxygen atoms in total. The van der Waals surface area contributed by atoms with Crippen molar-refractivity contribution in [1.82, 2.24) is 0 Å². The van der Waals surface area contributed by atoms with E-state index in [-0.39, 0.29) is 5.97 Å². The first-order chi connectivity index (χ1) is 7.18. The topological polar surface area (TPSA) is 26.3 Å². The van der Waals surface area contributed by atoms with Crippen LogP contribution in [-0.4, -0.2) is 5.97 Å². The predicted molar refractivity (Wildman–Crippen MR) is 59.1 cm³/mol. The van der Waals surface area contributed by atoms with E-state index in [1.54, 1.807) is 0 Å². The lowest BCUT2D eigenvalue weighted by Gasteiger charge is -2.20. The molecule has 0 spiro atoms. The summed E-state index contributed by atoms with van der Waals surface area (Å²) in [6.45, 7) is 3.46. The fraction of sp³-hybridized carbons (Fsp3) is 0.308. The maximum Gasteiger partial charge on any atom is 0.308 e. The molecule has 78 valence electrons. The van der Waals surface area contributed by atoms with Crippen LogP contribution in [0.5, 0.6) is 0 Å². The fourth-order valence-electron chi connectivity index (χ4n) is 1.91. The Morgan fingerprint density at radius 2 is 2.00 bits per heavy atom. The molecule has 0 saturated carbocycles. The summed E-state index contributed by atoms with van der Waals surface area (Å²) in [6, 6.07) is 8.09. The van der Waals surface area contributed by atoms with Crippen molar-refractivity contribution in [3.8, 4) is 0 Å². The van der Waals surface area contributed by atoms with Gasteiger partial charge in [-0.05, 0) is 30.9 Å². The summed E-state index contributed by atoms with van der Waals surface area (Å²) in [6.07, 6.45) is 2.01. The summed E-state index contributed by atoms with van der Waals surface area (Å²) in [5.41, 5.74) is 3.49. The Kier molecular flexibility index (Phi) is 2.58. The molecule has 1 aliphatic rings. The number of allylic oxidation sites excluding steroid dienone is 1. The molecule has 0 fully saturated rings. The van der Waals surface area contributed by atoms with Gasteiger partial charge >= 0.3 is 5.97 Å². The van der Waals surface area contributed by atoms with Gasteiger partial charge in [0.25, 0.3) is 0 Å². The minimum atomic E-state index is -0.249. The Labute approximate surface area is 89.6 Å². The number of carbonyl (C=O) groups is 1. The van der Waals surface area contributed by atoms with E-state index in [0.29, 0.717) is 0 Å². The van der Waals surface area contributed by atoms with E-state index in [1.165, 1.54) is 12.5 Å². The highest BCUT2D eigenvalue weighted by molar-refractivity contribution is 5.79. The Balaban J connectivity index is 2.45. The number of fused-ring (bicyclic) bond motifs is 1. The van der Waals surface area contributed by atoms with E-state index >= 15 is 0 Å². The number of hydrogen-bond donors (Lipinski definition) is 0. The lowest BCUT2D eigenvalue weighted by Crippen LogP contribution is -2.08. The van der Waals surface area contributed by atoms with Gasteiger partial charge in [-0.3, -0.25) is 4.79 Å². The number of rotatable bonds is 1. The minimum Gasteiger partial charge on any atom is -0.426 e. The summed E-state index contributed by atoms with van der Waals surface area (Å²) < 4.78 is 5.27. The van der Waals surface area contributed by atoms with E-state index in [1.807, 2.05) is 25.1 Å². The quantitative estimate of drug-likeness (QED) is 0.654. The van der Waals surface area contributed by atoms with Gasteiger partial charge in [0, 0.05) is 12.5 Å². The van der Waals surface area contributed by atoms with Crippen molar-refractivity contribution in [3.63, 3.8) is 0 Å². The van der Waals surface area contributed by atoms with Gasteiger partial charge in [-0.25, -0.2) is 0 Å². The third kappa shape index (κ3) is 1.94. The molecule has 0 radical (unpaired) electrons. The van der Waals surface area contributed by atoms with Gasteiger partial charge < -0.3 is 4.74 Å². The van der Waals surface area contributed by atoms with E-state index in [2.05, 4.69) is 6.07 Å². The van der Waals surface area contributed by atoms with Crippen molar-refractivity contribution < 1.29 is 9.53 Å². The van der Waals surface area contributed by atoms with Gasteiger partial charge in [0.1, 0.15) is 5.76 Å². The van der Waals surface area contributed by atoms with E-state index < -0.39 is 0 Å². The zero-order valence-corrected chi connectivity index (χ0v) is 9.04. The molecule has 2 heteroatoms. The number of hydrogen-bond acceptors (Lipinski definition) is 2. The van der Waals surface area contributed by atoms with Crippen molar-refractivity contribution >= 4 is 11.7 Å². The fourth-order valence-corrected chi connectivity index (χ4v) is 1.91. The van der Waals surface area contributed by atoms with Crippen LogP contribution in [0.25, 0.3) is 5.76 Å². The normalized spacial score (nSPS) is 14.8. The molecule has 0 unspecified atom stereocenters. The lowest BCUT2D eigenvalue weighted by molar-refractivity contribution is -0.134. The van der Waals surface area contributed by atoms with Crippen LogP contribution in [0, 0.1) is 0 Å². The molecule has 1 aromatic carbocycles. The van der Waals surface area contributed by atoms with E-state index in [9.17, 15) is 4.79 Å². The van der Waals surface area contributed by atoms with Crippen molar-refractivity contribution in [3.05, 3.63) is 41.0 Å². The third-order valence-electron chi connectivity index (χ3n) is 2.66. The van der Waals surface area contributed by atoms with Gasteiger partial charge in [0.05, 0.1) is 0 Å². The molecule has 15 heavy (non-hydrogen) atoms. The lowest BCUT2D eigenvalue weighted by atomic mass is 9.91. The first-order valence-electron chi connectivity index (χ1n) is 5.15. The maximum absolute atomic E-state index is 11.0. The van der Waals surface area contributed by atoms with Gasteiger partial charge in [-0.15, -0.1) is 0 Å². The van der Waals surface area contributed by atoms with Gasteiger partial charge in [-0.2, -0.15) is 0 Å². The first-order valence-corrected chi connectivity index (χ1v) is 5.15. The molecule has 0 aromatic heterocycles. The SMILES string of the molecule is CC(=O)OC1=C(C)CCc2ccccc21. The summed E-state index contributed by atoms with van der Waals surface area (Å²) in [5, 5.41) is 0. The van der Waals surface area contributed by atoms with Crippen LogP contribution in [0.3, 0.4) is 0 Å². The molecular formula is C13H14O2. The van der Waals surface area contributed by atoms with E-state index in [0.717, 1.165) is 29.7 Å². The highest BCUT2D eigenvalue weighted by atomic mass is 16.5. The van der Waals surface area contributed by atoms with Crippen LogP contribution in [0.15, 0.2) is 29.8 Å². The highest BCUT2D eigenvalue weighted by Crippen LogP contribution is 2.31. The van der Waals surface area contributed by atoms with Crippen LogP contribution in [0.1, 0.15) is 31.4 Å². The summed E-state index contributed by atoms with van der Waals surface area (Å²) in [7, 11) is 0. The Morgan fingerprint density at radius 3 is 2.73 bits per heavy atom. The molecule has 2 rings (SSSR count). The van der Waals surface area contributed by atoms with Gasteiger partial charge in [0.2, 0.25) is 0 Å². The second kappa shape index (κ2) is 3.89. The van der Waals surface area contributed by atoms with Crippen molar-refractivity contribution in [2.45, 2.75) is 26.7 Å². The number of ether oxygens (including phenoxy) is 1. The molecule has 0 atom stereocenters. The largest absolute Gasteiger partial charge is 0.426 e. The highest BCUT2D eigenvalue weighted by Gasteiger charge is 2.18. The van der Waals surface area contributed by atoms with Crippen molar-refractivity contribution in [2.75, 3.05) is 0 Å². The Bertz CT molecular complexity index is 430. The van der Waals surface area contributed by atoms with Gasteiger partial charge in [0.15, 0.2) is 0 Å². The van der Waals surface area contributed by atoms with Gasteiger partial charge in [-0.1, -0.05) is 24.3 Å². The smallest absolute Gasteiger partial charge is 0.308 e. The first kappa shape index (κ1) is 9.97. The average molecular weight is 202 g/mol. The van der Waals surface area contributed by atoms with Crippen LogP contribution in [0.2, 0.25) is 0 Å². The molecule has 0 heterocycles. The standard InChI is InChI=1S/C13H14O2/c1-9-7-8-11-5-3-4-6-12(11)13(9)15-10(2)14/h3-6H,7-8H2,1-2H3. The molecule has 0 N–H and O–H groups in total. The molecule has 0 bridgehead atoms. The molecule has 1 aromatic rings. The molecular weight excluding hydrogens is 188 g/mol. The van der Waals surface area contributed by atoms with Crippen LogP contribution < -0.4 is 0 Å². The van der Waals surface area contributed by atoms with Crippen LogP contribution in [0.4, 0.5) is 0 Å². The van der Waals surface area contributed by atoms with E-state index in [4.69, 9.17) is 4.74 Å². The Hall–Kier alpha value is -1.57. The number of aryl methyl sites for hydroxylation is 1.